The largest absolute Gasteiger partial charge is 0.465 e. The highest BCUT2D eigenvalue weighted by Crippen LogP contribution is 2.13. The lowest BCUT2D eigenvalue weighted by molar-refractivity contribution is -0.158. The average molecular weight is 312 g/mol. The van der Waals surface area contributed by atoms with Gasteiger partial charge in [0.05, 0.1) is 6.61 Å². The molecular formula is C14H24N4O4. The third kappa shape index (κ3) is 6.10. The minimum absolute atomic E-state index is 0.195. The predicted octanol–water partition coefficient (Wildman–Crippen LogP) is -0.0852. The molecule has 0 aliphatic heterocycles. The zero-order valence-corrected chi connectivity index (χ0v) is 13.8. The molecule has 0 saturated heterocycles. The van der Waals surface area contributed by atoms with Gasteiger partial charge in [0.1, 0.15) is 12.6 Å². The molecule has 0 bridgehead atoms. The first kappa shape index (κ1) is 19.9. The van der Waals surface area contributed by atoms with Gasteiger partial charge in [-0.3, -0.25) is 19.4 Å². The fraction of sp³-hybridized carbons (Fsp3) is 0.714. The lowest BCUT2D eigenvalue weighted by atomic mass is 10.0. The summed E-state index contributed by atoms with van der Waals surface area (Å²) in [7, 11) is 3.24. The smallest absolute Gasteiger partial charge is 0.325 e. The number of hydrogen-bond acceptors (Lipinski definition) is 5. The number of rotatable bonds is 8. The first-order valence-corrected chi connectivity index (χ1v) is 7.02. The van der Waals surface area contributed by atoms with Gasteiger partial charge in [-0.25, -0.2) is 11.6 Å². The van der Waals surface area contributed by atoms with Gasteiger partial charge in [-0.1, -0.05) is 13.8 Å². The van der Waals surface area contributed by atoms with Crippen LogP contribution in [-0.2, 0) is 19.1 Å². The van der Waals surface area contributed by atoms with Gasteiger partial charge >= 0.3 is 11.9 Å². The monoisotopic (exact) mass is 312 g/mol. The maximum Gasteiger partial charge on any atom is 0.325 e. The van der Waals surface area contributed by atoms with E-state index >= 15 is 0 Å². The van der Waals surface area contributed by atoms with E-state index in [1.807, 2.05) is 0 Å². The second-order valence-corrected chi connectivity index (χ2v) is 5.11. The Morgan fingerprint density at radius 2 is 1.86 bits per heavy atom. The minimum Gasteiger partial charge on any atom is -0.465 e. The van der Waals surface area contributed by atoms with Crippen molar-refractivity contribution in [2.45, 2.75) is 26.8 Å². The van der Waals surface area contributed by atoms with E-state index in [9.17, 15) is 14.4 Å². The van der Waals surface area contributed by atoms with Gasteiger partial charge in [0.2, 0.25) is 5.91 Å². The van der Waals surface area contributed by atoms with E-state index < -0.39 is 23.8 Å². The number of nitrogens with one attached hydrogen (secondary N) is 1. The highest BCUT2D eigenvalue weighted by molar-refractivity contribution is 5.90. The topological polar surface area (TPSA) is 83.3 Å². The lowest BCUT2D eigenvalue weighted by Gasteiger charge is -2.36. The summed E-state index contributed by atoms with van der Waals surface area (Å²) in [5.74, 6) is -1.67. The Balaban J connectivity index is 5.08. The Bertz CT molecular complexity index is 443. The summed E-state index contributed by atoms with van der Waals surface area (Å²) >= 11 is 0. The van der Waals surface area contributed by atoms with Crippen LogP contribution >= 0.6 is 0 Å². The van der Waals surface area contributed by atoms with Gasteiger partial charge < -0.3 is 14.9 Å². The highest BCUT2D eigenvalue weighted by atomic mass is 16.5. The van der Waals surface area contributed by atoms with Crippen LogP contribution in [0.3, 0.4) is 0 Å². The molecule has 0 fully saturated rings. The molecule has 0 saturated carbocycles. The molecule has 8 nitrogen and oxygen atoms in total. The van der Waals surface area contributed by atoms with Crippen molar-refractivity contribution in [3.63, 3.8) is 0 Å². The van der Waals surface area contributed by atoms with Crippen LogP contribution in [0.15, 0.2) is 0 Å². The second-order valence-electron chi connectivity index (χ2n) is 5.11. The van der Waals surface area contributed by atoms with Gasteiger partial charge in [0, 0.05) is 14.1 Å². The maximum absolute atomic E-state index is 12.3. The number of hydrogen-bond donors (Lipinski definition) is 1. The Labute approximate surface area is 131 Å². The number of amides is 2. The van der Waals surface area contributed by atoms with E-state index in [0.717, 1.165) is 0 Å². The molecule has 0 aromatic carbocycles. The molecule has 0 aromatic heterocycles. The van der Waals surface area contributed by atoms with Gasteiger partial charge in [-0.2, -0.15) is 0 Å². The number of hydrazine groups is 1. The fourth-order valence-corrected chi connectivity index (χ4v) is 1.94. The van der Waals surface area contributed by atoms with Crippen LogP contribution in [-0.4, -0.2) is 67.6 Å². The van der Waals surface area contributed by atoms with Crippen molar-refractivity contribution in [2.75, 3.05) is 33.8 Å². The molecule has 0 spiro atoms. The number of esters is 1. The molecule has 0 aliphatic rings. The van der Waals surface area contributed by atoms with E-state index in [2.05, 4.69) is 10.2 Å². The van der Waals surface area contributed by atoms with Crippen molar-refractivity contribution in [3.8, 4) is 0 Å². The number of ether oxygens (including phenoxy) is 1. The van der Waals surface area contributed by atoms with Crippen molar-refractivity contribution < 1.29 is 19.1 Å². The molecule has 0 radical (unpaired) electrons. The molecule has 1 N–H and O–H groups in total. The fourth-order valence-electron chi connectivity index (χ4n) is 1.94. The average Bonchev–Trinajstić information content (AvgIpc) is 2.41. The summed E-state index contributed by atoms with van der Waals surface area (Å²) in [5, 5.41) is 5.18. The summed E-state index contributed by atoms with van der Waals surface area (Å²) in [6.45, 7) is 11.7. The molecule has 22 heavy (non-hydrogen) atoms. The first-order valence-electron chi connectivity index (χ1n) is 7.02. The zero-order valence-electron chi connectivity index (χ0n) is 13.8. The molecule has 8 heteroatoms. The Morgan fingerprint density at radius 1 is 1.27 bits per heavy atom. The lowest BCUT2D eigenvalue weighted by Crippen LogP contribution is -2.58. The summed E-state index contributed by atoms with van der Waals surface area (Å²) in [6, 6.07) is -0.807. The number of carbonyl (C=O) groups excluding carboxylic acids is 3. The number of nitrogens with zero attached hydrogens (tertiary/aromatic N) is 3. The van der Waals surface area contributed by atoms with Gasteiger partial charge in [0.15, 0.2) is 0 Å². The van der Waals surface area contributed by atoms with Crippen LogP contribution in [0.2, 0.25) is 0 Å². The van der Waals surface area contributed by atoms with E-state index in [0.29, 0.717) is 0 Å². The molecule has 0 aromatic rings. The van der Waals surface area contributed by atoms with E-state index in [1.165, 1.54) is 10.0 Å². The van der Waals surface area contributed by atoms with Gasteiger partial charge in [-0.15, -0.1) is 0 Å². The van der Waals surface area contributed by atoms with Crippen molar-refractivity contribution in [1.29, 1.82) is 0 Å². The van der Waals surface area contributed by atoms with Gasteiger partial charge in [-0.05, 0) is 12.8 Å². The standard InChI is InChI=1S/C14H24N4O4/c1-7-22-12(20)9-16-14(21)13(10(2)3)18(17(5)6)11(19)8-15-4/h10,13H,7-9H2,1-3,5-6H3,(H,16,21). The Hall–Kier alpha value is -2.14. The van der Waals surface area contributed by atoms with Crippen molar-refractivity contribution in [3.05, 3.63) is 11.4 Å². The first-order chi connectivity index (χ1) is 10.3. The zero-order chi connectivity index (χ0) is 17.3. The second kappa shape index (κ2) is 9.73. The maximum atomic E-state index is 12.3. The van der Waals surface area contributed by atoms with Crippen molar-refractivity contribution >= 4 is 17.8 Å². The van der Waals surface area contributed by atoms with Crippen LogP contribution in [0.25, 0.3) is 4.85 Å². The molecular weight excluding hydrogens is 288 g/mol. The third-order valence-electron chi connectivity index (χ3n) is 2.78. The molecule has 1 atom stereocenters. The van der Waals surface area contributed by atoms with Gasteiger partial charge in [0.25, 0.3) is 6.54 Å². The molecule has 124 valence electrons. The highest BCUT2D eigenvalue weighted by Gasteiger charge is 2.35. The third-order valence-corrected chi connectivity index (χ3v) is 2.78. The normalized spacial score (nSPS) is 11.7. The van der Waals surface area contributed by atoms with E-state index in [-0.39, 0.29) is 25.6 Å². The molecule has 0 heterocycles. The summed E-state index contributed by atoms with van der Waals surface area (Å²) in [4.78, 5) is 38.8. The van der Waals surface area contributed by atoms with Crippen LogP contribution < -0.4 is 5.32 Å². The predicted molar refractivity (Wildman–Crippen MR) is 80.3 cm³/mol. The van der Waals surface area contributed by atoms with Crippen LogP contribution in [0.4, 0.5) is 0 Å². The molecule has 1 unspecified atom stereocenters. The van der Waals surface area contributed by atoms with Crippen LogP contribution in [0, 0.1) is 12.5 Å². The molecule has 2 amide bonds. The summed E-state index contributed by atoms with van der Waals surface area (Å²) in [6.07, 6.45) is 0. The summed E-state index contributed by atoms with van der Waals surface area (Å²) in [5.41, 5.74) is 0. The quantitative estimate of drug-likeness (QED) is 0.385. The van der Waals surface area contributed by atoms with Crippen molar-refractivity contribution in [2.24, 2.45) is 5.92 Å². The van der Waals surface area contributed by atoms with E-state index in [4.69, 9.17) is 11.3 Å². The summed E-state index contributed by atoms with van der Waals surface area (Å²) < 4.78 is 4.74. The van der Waals surface area contributed by atoms with Crippen LogP contribution in [0.1, 0.15) is 20.8 Å². The Morgan fingerprint density at radius 3 is 2.27 bits per heavy atom. The SMILES string of the molecule is [C-]#[N+]CC(=O)N(C(C(=O)NCC(=O)OCC)C(C)C)N(C)C. The van der Waals surface area contributed by atoms with Crippen molar-refractivity contribution in [1.82, 2.24) is 15.3 Å². The van der Waals surface area contributed by atoms with Crippen LogP contribution in [0.5, 0.6) is 0 Å². The number of carbonyl (C=O) groups is 3. The Kier molecular flexibility index (Phi) is 8.79. The van der Waals surface area contributed by atoms with E-state index in [1.54, 1.807) is 34.9 Å². The molecule has 0 aliphatic carbocycles. The molecule has 0 rings (SSSR count). The minimum atomic E-state index is -0.807.